The van der Waals surface area contributed by atoms with Crippen LogP contribution in [-0.4, -0.2) is 47.5 Å². The van der Waals surface area contributed by atoms with E-state index in [0.717, 1.165) is 19.3 Å². The average Bonchev–Trinajstić information content (AvgIpc) is 2.31. The average molecular weight is 229 g/mol. The molecule has 0 radical (unpaired) electrons. The van der Waals surface area contributed by atoms with Crippen LogP contribution in [0.1, 0.15) is 51.4 Å². The maximum absolute atomic E-state index is 9.02. The standard InChI is InChI=1S/C13H27NO2/c15-11-6-2-1-4-9-14-10-5-3-7-13(14)8-12-16/h13,15-16H,1-12H2. The summed E-state index contributed by atoms with van der Waals surface area (Å²) in [6, 6.07) is 0.622. The number of hydrogen-bond acceptors (Lipinski definition) is 3. The molecule has 0 spiro atoms. The Bertz CT molecular complexity index is 162. The lowest BCUT2D eigenvalue weighted by atomic mass is 9.99. The highest BCUT2D eigenvalue weighted by Gasteiger charge is 2.20. The van der Waals surface area contributed by atoms with Crippen molar-refractivity contribution in [2.45, 2.75) is 57.4 Å². The van der Waals surface area contributed by atoms with Crippen molar-refractivity contribution in [3.63, 3.8) is 0 Å². The van der Waals surface area contributed by atoms with Gasteiger partial charge in [0.1, 0.15) is 0 Å². The summed E-state index contributed by atoms with van der Waals surface area (Å²) in [7, 11) is 0. The Kier molecular flexibility index (Phi) is 7.81. The van der Waals surface area contributed by atoms with Crippen molar-refractivity contribution in [3.8, 4) is 0 Å². The first-order chi connectivity index (χ1) is 7.88. The fraction of sp³-hybridized carbons (Fsp3) is 1.00. The molecule has 2 N–H and O–H groups in total. The molecule has 0 bridgehead atoms. The van der Waals surface area contributed by atoms with Gasteiger partial charge in [-0.15, -0.1) is 0 Å². The lowest BCUT2D eigenvalue weighted by molar-refractivity contribution is 0.117. The maximum atomic E-state index is 9.02. The number of unbranched alkanes of at least 4 members (excludes halogenated alkanes) is 3. The van der Waals surface area contributed by atoms with Crippen molar-refractivity contribution in [1.29, 1.82) is 0 Å². The zero-order valence-electron chi connectivity index (χ0n) is 10.4. The molecule has 0 aromatic heterocycles. The van der Waals surface area contributed by atoms with Gasteiger partial charge in [-0.2, -0.15) is 0 Å². The van der Waals surface area contributed by atoms with Crippen LogP contribution in [0.4, 0.5) is 0 Å². The lowest BCUT2D eigenvalue weighted by Crippen LogP contribution is -2.40. The molecule has 1 aliphatic heterocycles. The molecule has 1 atom stereocenters. The van der Waals surface area contributed by atoms with E-state index in [9.17, 15) is 0 Å². The summed E-state index contributed by atoms with van der Waals surface area (Å²) in [5.41, 5.74) is 0. The SMILES string of the molecule is OCCCCCCN1CCCCC1CCO. The first kappa shape index (κ1) is 13.9. The van der Waals surface area contributed by atoms with Crippen molar-refractivity contribution < 1.29 is 10.2 Å². The third kappa shape index (κ3) is 5.28. The zero-order chi connectivity index (χ0) is 11.6. The second-order valence-electron chi connectivity index (χ2n) is 4.84. The Morgan fingerprint density at radius 1 is 0.938 bits per heavy atom. The summed E-state index contributed by atoms with van der Waals surface area (Å²) in [4.78, 5) is 2.55. The first-order valence-electron chi connectivity index (χ1n) is 6.84. The van der Waals surface area contributed by atoms with Crippen LogP contribution in [0.15, 0.2) is 0 Å². The highest BCUT2D eigenvalue weighted by molar-refractivity contribution is 4.76. The Hall–Kier alpha value is -0.120. The largest absolute Gasteiger partial charge is 0.396 e. The number of hydrogen-bond donors (Lipinski definition) is 2. The van der Waals surface area contributed by atoms with Gasteiger partial charge in [-0.25, -0.2) is 0 Å². The number of rotatable bonds is 8. The van der Waals surface area contributed by atoms with Crippen molar-refractivity contribution in [3.05, 3.63) is 0 Å². The molecule has 0 aromatic rings. The van der Waals surface area contributed by atoms with Crippen molar-refractivity contribution in [2.24, 2.45) is 0 Å². The van der Waals surface area contributed by atoms with Gasteiger partial charge in [-0.1, -0.05) is 19.3 Å². The molecule has 1 unspecified atom stereocenters. The highest BCUT2D eigenvalue weighted by Crippen LogP contribution is 2.20. The molecule has 1 heterocycles. The Morgan fingerprint density at radius 3 is 2.50 bits per heavy atom. The second-order valence-corrected chi connectivity index (χ2v) is 4.84. The van der Waals surface area contributed by atoms with E-state index in [-0.39, 0.29) is 0 Å². The molecule has 16 heavy (non-hydrogen) atoms. The van der Waals surface area contributed by atoms with E-state index in [1.165, 1.54) is 45.2 Å². The quantitative estimate of drug-likeness (QED) is 0.624. The minimum atomic E-state index is 0.325. The zero-order valence-corrected chi connectivity index (χ0v) is 10.4. The van der Waals surface area contributed by atoms with Crippen LogP contribution in [0.2, 0.25) is 0 Å². The first-order valence-corrected chi connectivity index (χ1v) is 6.84. The van der Waals surface area contributed by atoms with Crippen molar-refractivity contribution in [1.82, 2.24) is 4.90 Å². The third-order valence-corrected chi connectivity index (χ3v) is 3.56. The fourth-order valence-corrected chi connectivity index (χ4v) is 2.61. The van der Waals surface area contributed by atoms with Crippen LogP contribution in [0, 0.1) is 0 Å². The molecule has 1 aliphatic rings. The van der Waals surface area contributed by atoms with E-state index < -0.39 is 0 Å². The molecule has 0 aromatic carbocycles. The van der Waals surface area contributed by atoms with E-state index >= 15 is 0 Å². The molecule has 96 valence electrons. The van der Waals surface area contributed by atoms with Crippen LogP contribution in [0.3, 0.4) is 0 Å². The maximum Gasteiger partial charge on any atom is 0.0445 e. The van der Waals surface area contributed by atoms with Crippen molar-refractivity contribution in [2.75, 3.05) is 26.3 Å². The molecule has 0 saturated carbocycles. The predicted molar refractivity (Wildman–Crippen MR) is 66.5 cm³/mol. The monoisotopic (exact) mass is 229 g/mol. The smallest absolute Gasteiger partial charge is 0.0445 e. The number of piperidine rings is 1. The van der Waals surface area contributed by atoms with Crippen molar-refractivity contribution >= 4 is 0 Å². The third-order valence-electron chi connectivity index (χ3n) is 3.56. The van der Waals surface area contributed by atoms with Gasteiger partial charge in [-0.05, 0) is 45.2 Å². The van der Waals surface area contributed by atoms with Crippen LogP contribution < -0.4 is 0 Å². The molecular weight excluding hydrogens is 202 g/mol. The van der Waals surface area contributed by atoms with E-state index in [1.807, 2.05) is 0 Å². The van der Waals surface area contributed by atoms with E-state index in [0.29, 0.717) is 19.3 Å². The Labute approximate surface area is 99.5 Å². The highest BCUT2D eigenvalue weighted by atomic mass is 16.3. The topological polar surface area (TPSA) is 43.7 Å². The minimum Gasteiger partial charge on any atom is -0.396 e. The molecule has 3 heteroatoms. The van der Waals surface area contributed by atoms with Gasteiger partial charge in [0, 0.05) is 19.3 Å². The summed E-state index contributed by atoms with van der Waals surface area (Å²) in [5.74, 6) is 0. The Balaban J connectivity index is 2.11. The summed E-state index contributed by atoms with van der Waals surface area (Å²) in [6.45, 7) is 3.04. The van der Waals surface area contributed by atoms with E-state index in [2.05, 4.69) is 4.90 Å². The van der Waals surface area contributed by atoms with Crippen LogP contribution in [0.25, 0.3) is 0 Å². The number of nitrogens with zero attached hydrogens (tertiary/aromatic N) is 1. The number of aliphatic hydroxyl groups excluding tert-OH is 2. The summed E-state index contributed by atoms with van der Waals surface area (Å²) < 4.78 is 0. The Morgan fingerprint density at radius 2 is 1.75 bits per heavy atom. The summed E-state index contributed by atoms with van der Waals surface area (Å²) >= 11 is 0. The molecule has 1 rings (SSSR count). The fourth-order valence-electron chi connectivity index (χ4n) is 2.61. The second kappa shape index (κ2) is 8.97. The molecule has 3 nitrogen and oxygen atoms in total. The summed E-state index contributed by atoms with van der Waals surface area (Å²) in [6.07, 6.45) is 9.40. The van der Waals surface area contributed by atoms with Gasteiger partial charge in [0.05, 0.1) is 0 Å². The van der Waals surface area contributed by atoms with Gasteiger partial charge < -0.3 is 15.1 Å². The number of aliphatic hydroxyl groups is 2. The minimum absolute atomic E-state index is 0.325. The molecular formula is C13H27NO2. The summed E-state index contributed by atoms with van der Waals surface area (Å²) in [5, 5.41) is 17.7. The normalized spacial score (nSPS) is 22.5. The molecule has 0 amide bonds. The van der Waals surface area contributed by atoms with E-state index in [1.54, 1.807) is 0 Å². The van der Waals surface area contributed by atoms with Gasteiger partial charge in [0.25, 0.3) is 0 Å². The number of likely N-dealkylation sites (tertiary alicyclic amines) is 1. The van der Waals surface area contributed by atoms with E-state index in [4.69, 9.17) is 10.2 Å². The molecule has 1 saturated heterocycles. The van der Waals surface area contributed by atoms with Crippen LogP contribution >= 0.6 is 0 Å². The van der Waals surface area contributed by atoms with Gasteiger partial charge >= 0.3 is 0 Å². The lowest BCUT2D eigenvalue weighted by Gasteiger charge is -2.35. The van der Waals surface area contributed by atoms with Crippen LogP contribution in [0.5, 0.6) is 0 Å². The van der Waals surface area contributed by atoms with Gasteiger partial charge in [0.2, 0.25) is 0 Å². The predicted octanol–water partition coefficient (Wildman–Crippen LogP) is 1.78. The molecule has 1 fully saturated rings. The van der Waals surface area contributed by atoms with Gasteiger partial charge in [0.15, 0.2) is 0 Å². The van der Waals surface area contributed by atoms with Gasteiger partial charge in [-0.3, -0.25) is 0 Å². The molecule has 0 aliphatic carbocycles. The van der Waals surface area contributed by atoms with Crippen LogP contribution in [-0.2, 0) is 0 Å².